The summed E-state index contributed by atoms with van der Waals surface area (Å²) in [5.41, 5.74) is 4.92. The van der Waals surface area contributed by atoms with Crippen LogP contribution in [0, 0.1) is 0 Å². The third-order valence-electron chi connectivity index (χ3n) is 4.96. The molecule has 0 radical (unpaired) electrons. The second kappa shape index (κ2) is 8.55. The van der Waals surface area contributed by atoms with Crippen molar-refractivity contribution < 1.29 is 0 Å². The number of nitrogens with one attached hydrogen (secondary N) is 1. The van der Waals surface area contributed by atoms with Gasteiger partial charge in [-0.25, -0.2) is 4.98 Å². The number of para-hydroxylation sites is 1. The molecule has 0 amide bonds. The van der Waals surface area contributed by atoms with Gasteiger partial charge in [0.05, 0.1) is 5.69 Å². The van der Waals surface area contributed by atoms with Crippen molar-refractivity contribution in [3.05, 3.63) is 115 Å². The standard InChI is InChI=1S/C26H19N5/c1-2-12-21(13-3-1)28-30-26(31-29-24-16-8-9-17-27-24)25-22-14-6-4-10-19(22)18-20-11-5-7-15-23(20)25/h1-18,28H/b30-26+,31-29?. The average Bonchev–Trinajstić information content (AvgIpc) is 2.84. The molecular weight excluding hydrogens is 382 g/mol. The number of fused-ring (bicyclic) bond motifs is 2. The zero-order valence-corrected chi connectivity index (χ0v) is 16.7. The molecule has 1 aromatic heterocycles. The number of amidine groups is 1. The van der Waals surface area contributed by atoms with Gasteiger partial charge in [-0.1, -0.05) is 72.8 Å². The van der Waals surface area contributed by atoms with Crippen molar-refractivity contribution in [3.8, 4) is 0 Å². The van der Waals surface area contributed by atoms with E-state index in [0.717, 1.165) is 32.8 Å². The maximum Gasteiger partial charge on any atom is 0.202 e. The smallest absolute Gasteiger partial charge is 0.202 e. The van der Waals surface area contributed by atoms with E-state index < -0.39 is 0 Å². The van der Waals surface area contributed by atoms with Gasteiger partial charge in [0, 0.05) is 11.8 Å². The molecule has 0 aliphatic rings. The maximum absolute atomic E-state index is 4.66. The lowest BCUT2D eigenvalue weighted by Crippen LogP contribution is -2.03. The molecule has 148 valence electrons. The molecule has 0 aliphatic heterocycles. The quantitative estimate of drug-likeness (QED) is 0.116. The van der Waals surface area contributed by atoms with Gasteiger partial charge in [-0.15, -0.1) is 10.2 Å². The van der Waals surface area contributed by atoms with E-state index >= 15 is 0 Å². The van der Waals surface area contributed by atoms with Crippen LogP contribution in [0.3, 0.4) is 0 Å². The van der Waals surface area contributed by atoms with E-state index in [9.17, 15) is 0 Å². The second-order valence-electron chi connectivity index (χ2n) is 7.00. The zero-order valence-electron chi connectivity index (χ0n) is 16.7. The fourth-order valence-corrected chi connectivity index (χ4v) is 3.52. The first-order valence-electron chi connectivity index (χ1n) is 10.0. The Morgan fingerprint density at radius 2 is 1.32 bits per heavy atom. The molecule has 4 aromatic carbocycles. The highest BCUT2D eigenvalue weighted by atomic mass is 15.3. The number of rotatable bonds is 4. The summed E-state index contributed by atoms with van der Waals surface area (Å²) in [6.07, 6.45) is 1.70. The van der Waals surface area contributed by atoms with Crippen LogP contribution in [0.4, 0.5) is 11.5 Å². The minimum absolute atomic E-state index is 0.488. The monoisotopic (exact) mass is 401 g/mol. The number of azo groups is 1. The Labute approximate surface area is 179 Å². The summed E-state index contributed by atoms with van der Waals surface area (Å²) < 4.78 is 0. The molecule has 0 saturated carbocycles. The first kappa shape index (κ1) is 18.6. The van der Waals surface area contributed by atoms with Crippen LogP contribution in [0.25, 0.3) is 21.5 Å². The number of aromatic nitrogens is 1. The molecule has 5 rings (SSSR count). The second-order valence-corrected chi connectivity index (χ2v) is 7.00. The fourth-order valence-electron chi connectivity index (χ4n) is 3.52. The Balaban J connectivity index is 1.72. The summed E-state index contributed by atoms with van der Waals surface area (Å²) in [4.78, 5) is 4.25. The van der Waals surface area contributed by atoms with Crippen molar-refractivity contribution in [2.24, 2.45) is 15.3 Å². The van der Waals surface area contributed by atoms with Crippen molar-refractivity contribution in [1.82, 2.24) is 4.98 Å². The molecule has 0 spiro atoms. The molecule has 0 unspecified atom stereocenters. The van der Waals surface area contributed by atoms with Gasteiger partial charge in [-0.2, -0.15) is 5.10 Å². The fraction of sp³-hybridized carbons (Fsp3) is 0. The van der Waals surface area contributed by atoms with Crippen LogP contribution in [0.15, 0.2) is 125 Å². The first-order valence-corrected chi connectivity index (χ1v) is 10.0. The average molecular weight is 401 g/mol. The molecule has 0 saturated heterocycles. The SMILES string of the molecule is c1ccc(N/N=C(/N=Nc2ccccn2)c2c3ccccc3cc3ccccc23)cc1. The number of benzene rings is 4. The maximum atomic E-state index is 4.66. The highest BCUT2D eigenvalue weighted by molar-refractivity contribution is 6.20. The Kier molecular flexibility index (Phi) is 5.14. The molecule has 0 aliphatic carbocycles. The van der Waals surface area contributed by atoms with Crippen molar-refractivity contribution in [2.45, 2.75) is 0 Å². The molecule has 0 bridgehead atoms. The summed E-state index contributed by atoms with van der Waals surface area (Å²) in [6, 6.07) is 34.0. The molecule has 0 atom stereocenters. The number of anilines is 1. The third kappa shape index (κ3) is 4.02. The first-order chi connectivity index (χ1) is 15.4. The largest absolute Gasteiger partial charge is 0.276 e. The normalized spacial score (nSPS) is 11.9. The van der Waals surface area contributed by atoms with Crippen LogP contribution >= 0.6 is 0 Å². The molecule has 5 nitrogen and oxygen atoms in total. The zero-order chi connectivity index (χ0) is 20.9. The predicted molar refractivity (Wildman–Crippen MR) is 127 cm³/mol. The van der Waals surface area contributed by atoms with Crippen LogP contribution in [0.5, 0.6) is 0 Å². The number of hydrogen-bond acceptors (Lipinski definition) is 4. The molecule has 5 heteroatoms. The minimum Gasteiger partial charge on any atom is -0.276 e. The van der Waals surface area contributed by atoms with Gasteiger partial charge in [0.1, 0.15) is 0 Å². The van der Waals surface area contributed by atoms with E-state index in [-0.39, 0.29) is 0 Å². The van der Waals surface area contributed by atoms with E-state index in [1.807, 2.05) is 72.8 Å². The topological polar surface area (TPSA) is 62.0 Å². The van der Waals surface area contributed by atoms with Gasteiger partial charge in [0.2, 0.25) is 5.84 Å². The number of hydrazone groups is 1. The highest BCUT2D eigenvalue weighted by Gasteiger charge is 2.14. The van der Waals surface area contributed by atoms with E-state index in [1.54, 1.807) is 6.20 Å². The lowest BCUT2D eigenvalue weighted by molar-refractivity contribution is 1.16. The van der Waals surface area contributed by atoms with Crippen molar-refractivity contribution in [3.63, 3.8) is 0 Å². The summed E-state index contributed by atoms with van der Waals surface area (Å²) in [7, 11) is 0. The van der Waals surface area contributed by atoms with Gasteiger partial charge < -0.3 is 0 Å². The Bertz CT molecular complexity index is 1340. The van der Waals surface area contributed by atoms with Crippen LogP contribution in [0.2, 0.25) is 0 Å². The van der Waals surface area contributed by atoms with Gasteiger partial charge in [-0.3, -0.25) is 5.43 Å². The van der Waals surface area contributed by atoms with Crippen molar-refractivity contribution in [1.29, 1.82) is 0 Å². The van der Waals surface area contributed by atoms with E-state index in [4.69, 9.17) is 0 Å². The predicted octanol–water partition coefficient (Wildman–Crippen LogP) is 6.95. The minimum atomic E-state index is 0.488. The van der Waals surface area contributed by atoms with Crippen LogP contribution in [0.1, 0.15) is 5.56 Å². The summed E-state index contributed by atoms with van der Waals surface area (Å²) >= 11 is 0. The Hall–Kier alpha value is -4.38. The number of hydrogen-bond donors (Lipinski definition) is 1. The molecule has 1 heterocycles. The highest BCUT2D eigenvalue weighted by Crippen LogP contribution is 2.30. The van der Waals surface area contributed by atoms with Crippen LogP contribution < -0.4 is 5.43 Å². The molecule has 1 N–H and O–H groups in total. The number of nitrogens with zero attached hydrogens (tertiary/aromatic N) is 4. The summed E-state index contributed by atoms with van der Waals surface area (Å²) in [5.74, 6) is 1.02. The molecule has 31 heavy (non-hydrogen) atoms. The van der Waals surface area contributed by atoms with Crippen LogP contribution in [-0.2, 0) is 0 Å². The van der Waals surface area contributed by atoms with Gasteiger partial charge >= 0.3 is 0 Å². The molecule has 0 fully saturated rings. The number of pyridine rings is 1. The lowest BCUT2D eigenvalue weighted by atomic mass is 9.96. The van der Waals surface area contributed by atoms with E-state index in [1.165, 1.54) is 0 Å². The van der Waals surface area contributed by atoms with Gasteiger partial charge in [0.25, 0.3) is 0 Å². The third-order valence-corrected chi connectivity index (χ3v) is 4.96. The van der Waals surface area contributed by atoms with E-state index in [0.29, 0.717) is 11.7 Å². The molecule has 5 aromatic rings. The van der Waals surface area contributed by atoms with Gasteiger partial charge in [-0.05, 0) is 51.9 Å². The van der Waals surface area contributed by atoms with Crippen molar-refractivity contribution in [2.75, 3.05) is 5.43 Å². The Morgan fingerprint density at radius 1 is 0.677 bits per heavy atom. The Morgan fingerprint density at radius 3 is 2.00 bits per heavy atom. The van der Waals surface area contributed by atoms with Crippen LogP contribution in [-0.4, -0.2) is 10.8 Å². The lowest BCUT2D eigenvalue weighted by Gasteiger charge is -2.11. The van der Waals surface area contributed by atoms with E-state index in [2.05, 4.69) is 56.1 Å². The molecular formula is C26H19N5. The van der Waals surface area contributed by atoms with Gasteiger partial charge in [0.15, 0.2) is 5.82 Å². The van der Waals surface area contributed by atoms with Crippen molar-refractivity contribution >= 4 is 38.9 Å². The summed E-state index contributed by atoms with van der Waals surface area (Å²) in [5, 5.41) is 17.9. The summed E-state index contributed by atoms with van der Waals surface area (Å²) in [6.45, 7) is 0.